The zero-order valence-electron chi connectivity index (χ0n) is 27.5. The van der Waals surface area contributed by atoms with Crippen molar-refractivity contribution in [2.24, 2.45) is 0 Å². The van der Waals surface area contributed by atoms with E-state index in [0.717, 1.165) is 60.9 Å². The van der Waals surface area contributed by atoms with Crippen molar-refractivity contribution in [3.8, 4) is 56.4 Å². The van der Waals surface area contributed by atoms with Crippen LogP contribution in [-0.4, -0.2) is 15.0 Å². The highest BCUT2D eigenvalue weighted by molar-refractivity contribution is 6.09. The van der Waals surface area contributed by atoms with E-state index in [-0.39, 0.29) is 0 Å². The lowest BCUT2D eigenvalue weighted by molar-refractivity contribution is 0.669. The molecular weight excluding hydrogens is 623 g/mol. The summed E-state index contributed by atoms with van der Waals surface area (Å²) in [4.78, 5) is 15.8. The fourth-order valence-corrected chi connectivity index (χ4v) is 7.41. The van der Waals surface area contributed by atoms with Crippen LogP contribution in [0.5, 0.6) is 0 Å². The molecule has 10 rings (SSSR count). The molecule has 238 valence electrons. The molecule has 0 atom stereocenters. The summed E-state index contributed by atoms with van der Waals surface area (Å²) in [6.45, 7) is 0. The summed E-state index contributed by atoms with van der Waals surface area (Å²) >= 11 is 0. The van der Waals surface area contributed by atoms with Crippen LogP contribution < -0.4 is 0 Å². The number of nitrogens with zero attached hydrogens (tertiary/aromatic N) is 3. The number of fused-ring (bicyclic) bond motifs is 5. The normalized spacial score (nSPS) is 11.5. The Balaban J connectivity index is 1.26. The van der Waals surface area contributed by atoms with Gasteiger partial charge in [-0.05, 0) is 55.9 Å². The highest BCUT2D eigenvalue weighted by Crippen LogP contribution is 2.40. The van der Waals surface area contributed by atoms with Gasteiger partial charge in [0.25, 0.3) is 0 Å². The summed E-state index contributed by atoms with van der Waals surface area (Å²) in [7, 11) is 0. The predicted octanol–water partition coefficient (Wildman–Crippen LogP) is 12.4. The molecule has 0 bridgehead atoms. The van der Waals surface area contributed by atoms with Crippen molar-refractivity contribution in [2.45, 2.75) is 0 Å². The molecule has 0 aliphatic carbocycles. The van der Waals surface area contributed by atoms with E-state index in [0.29, 0.717) is 17.5 Å². The third-order valence-corrected chi connectivity index (χ3v) is 9.78. The van der Waals surface area contributed by atoms with Crippen molar-refractivity contribution in [3.63, 3.8) is 0 Å². The molecular formula is C47H29N3O. The van der Waals surface area contributed by atoms with Gasteiger partial charge in [-0.15, -0.1) is 0 Å². The molecule has 2 heterocycles. The first kappa shape index (κ1) is 29.0. The monoisotopic (exact) mass is 651 g/mol. The molecule has 0 saturated heterocycles. The van der Waals surface area contributed by atoms with Crippen molar-refractivity contribution < 1.29 is 4.42 Å². The number of rotatable bonds is 5. The molecule has 2 aromatic heterocycles. The summed E-state index contributed by atoms with van der Waals surface area (Å²) in [5.41, 5.74) is 8.63. The largest absolute Gasteiger partial charge is 0.455 e. The number of hydrogen-bond donors (Lipinski definition) is 0. The lowest BCUT2D eigenvalue weighted by atomic mass is 9.93. The Hall–Kier alpha value is -6.91. The highest BCUT2D eigenvalue weighted by Gasteiger charge is 2.21. The van der Waals surface area contributed by atoms with Gasteiger partial charge >= 0.3 is 0 Å². The van der Waals surface area contributed by atoms with E-state index < -0.39 is 0 Å². The second-order valence-electron chi connectivity index (χ2n) is 12.7. The van der Waals surface area contributed by atoms with Crippen molar-refractivity contribution in [1.82, 2.24) is 15.0 Å². The van der Waals surface area contributed by atoms with Gasteiger partial charge < -0.3 is 4.42 Å². The molecule has 0 spiro atoms. The molecule has 0 N–H and O–H groups in total. The molecule has 0 aliphatic heterocycles. The van der Waals surface area contributed by atoms with Crippen LogP contribution in [0.3, 0.4) is 0 Å². The summed E-state index contributed by atoms with van der Waals surface area (Å²) in [5.74, 6) is 1.75. The van der Waals surface area contributed by atoms with E-state index in [4.69, 9.17) is 19.4 Å². The SMILES string of the molecule is c1ccc(-c2cccc3ccccc23)c(-c2nc(-c3ccccc3-c3cccc4ccccc34)nc(-c3cccc4c3oc3ccccc34)n2)c1. The maximum absolute atomic E-state index is 6.51. The van der Waals surface area contributed by atoms with Crippen LogP contribution in [0.25, 0.3) is 99.9 Å². The van der Waals surface area contributed by atoms with Gasteiger partial charge in [-0.2, -0.15) is 0 Å². The van der Waals surface area contributed by atoms with E-state index in [1.807, 2.05) is 24.3 Å². The second kappa shape index (κ2) is 11.9. The van der Waals surface area contributed by atoms with Crippen LogP contribution >= 0.6 is 0 Å². The van der Waals surface area contributed by atoms with Crippen LogP contribution in [-0.2, 0) is 0 Å². The fourth-order valence-electron chi connectivity index (χ4n) is 7.41. The Labute approximate surface area is 294 Å². The predicted molar refractivity (Wildman–Crippen MR) is 209 cm³/mol. The molecule has 10 aromatic rings. The maximum atomic E-state index is 6.51. The van der Waals surface area contributed by atoms with E-state index in [2.05, 4.69) is 152 Å². The molecule has 0 saturated carbocycles. The fraction of sp³-hybridized carbons (Fsp3) is 0. The molecule has 0 unspecified atom stereocenters. The van der Waals surface area contributed by atoms with Crippen LogP contribution in [0, 0.1) is 0 Å². The molecule has 0 aliphatic rings. The molecule has 51 heavy (non-hydrogen) atoms. The number of benzene rings is 8. The highest BCUT2D eigenvalue weighted by atomic mass is 16.3. The standard InChI is InChI=1S/C47H29N3O/c1-3-18-32-30(14-1)16-11-25-34(32)36-20-5-7-23-40(36)45-48-46(41-24-8-6-21-37(41)35-26-12-17-31-15-2-4-19-33(31)35)50-47(49-45)42-28-13-27-39-38-22-9-10-29-43(38)51-44(39)42/h1-29H. The van der Waals surface area contributed by atoms with E-state index in [9.17, 15) is 0 Å². The maximum Gasteiger partial charge on any atom is 0.167 e. The summed E-state index contributed by atoms with van der Waals surface area (Å²) in [6, 6.07) is 61.0. The minimum atomic E-state index is 0.556. The molecule has 0 amide bonds. The van der Waals surface area contributed by atoms with Gasteiger partial charge in [-0.1, -0.05) is 164 Å². The number of para-hydroxylation sites is 2. The first-order chi connectivity index (χ1) is 25.3. The van der Waals surface area contributed by atoms with Gasteiger partial charge in [0.1, 0.15) is 11.2 Å². The van der Waals surface area contributed by atoms with Crippen molar-refractivity contribution in [1.29, 1.82) is 0 Å². The number of furan rings is 1. The Kier molecular flexibility index (Phi) is 6.78. The Bertz CT molecular complexity index is 2790. The Morgan fingerprint density at radius 2 is 0.647 bits per heavy atom. The zero-order chi connectivity index (χ0) is 33.7. The van der Waals surface area contributed by atoms with Crippen LogP contribution in [0.15, 0.2) is 180 Å². The first-order valence-electron chi connectivity index (χ1n) is 17.1. The molecule has 0 fully saturated rings. The second-order valence-corrected chi connectivity index (χ2v) is 12.7. The van der Waals surface area contributed by atoms with Crippen molar-refractivity contribution in [3.05, 3.63) is 176 Å². The average Bonchev–Trinajstić information content (AvgIpc) is 3.59. The summed E-state index contributed by atoms with van der Waals surface area (Å²) < 4.78 is 6.51. The van der Waals surface area contributed by atoms with E-state index in [1.54, 1.807) is 0 Å². The number of aromatic nitrogens is 3. The lowest BCUT2D eigenvalue weighted by Gasteiger charge is -2.15. The quantitative estimate of drug-likeness (QED) is 0.186. The van der Waals surface area contributed by atoms with Crippen molar-refractivity contribution in [2.75, 3.05) is 0 Å². The van der Waals surface area contributed by atoms with Crippen molar-refractivity contribution >= 4 is 43.5 Å². The molecule has 4 nitrogen and oxygen atoms in total. The molecule has 4 heteroatoms. The van der Waals surface area contributed by atoms with Gasteiger partial charge in [-0.3, -0.25) is 0 Å². The summed E-state index contributed by atoms with van der Waals surface area (Å²) in [6.07, 6.45) is 0. The zero-order valence-corrected chi connectivity index (χ0v) is 27.5. The molecule has 0 radical (unpaired) electrons. The van der Waals surface area contributed by atoms with Gasteiger partial charge in [0.2, 0.25) is 0 Å². The Morgan fingerprint density at radius 1 is 0.275 bits per heavy atom. The lowest BCUT2D eigenvalue weighted by Crippen LogP contribution is -2.02. The minimum Gasteiger partial charge on any atom is -0.455 e. The topological polar surface area (TPSA) is 51.8 Å². The Morgan fingerprint density at radius 3 is 1.24 bits per heavy atom. The van der Waals surface area contributed by atoms with Crippen LogP contribution in [0.2, 0.25) is 0 Å². The third kappa shape index (κ3) is 4.88. The van der Waals surface area contributed by atoms with Gasteiger partial charge in [-0.25, -0.2) is 15.0 Å². The number of hydrogen-bond acceptors (Lipinski definition) is 4. The third-order valence-electron chi connectivity index (χ3n) is 9.78. The smallest absolute Gasteiger partial charge is 0.167 e. The van der Waals surface area contributed by atoms with Gasteiger partial charge in [0.15, 0.2) is 17.5 Å². The van der Waals surface area contributed by atoms with E-state index in [1.165, 1.54) is 21.5 Å². The summed E-state index contributed by atoms with van der Waals surface area (Å²) in [5, 5.41) is 6.81. The van der Waals surface area contributed by atoms with Gasteiger partial charge in [0, 0.05) is 21.9 Å². The van der Waals surface area contributed by atoms with E-state index >= 15 is 0 Å². The first-order valence-corrected chi connectivity index (χ1v) is 17.1. The van der Waals surface area contributed by atoms with Crippen LogP contribution in [0.1, 0.15) is 0 Å². The molecule has 8 aromatic carbocycles. The average molecular weight is 652 g/mol. The van der Waals surface area contributed by atoms with Gasteiger partial charge in [0.05, 0.1) is 5.56 Å². The van der Waals surface area contributed by atoms with Crippen LogP contribution in [0.4, 0.5) is 0 Å². The minimum absolute atomic E-state index is 0.556.